The highest BCUT2D eigenvalue weighted by Gasteiger charge is 2.21. The second kappa shape index (κ2) is 5.15. The molecule has 1 atom stereocenters. The van der Waals surface area contributed by atoms with Gasteiger partial charge < -0.3 is 20.3 Å². The number of nitrogens with one attached hydrogen (secondary N) is 1. The highest BCUT2D eigenvalue weighted by molar-refractivity contribution is 5.92. The number of ether oxygens (including phenoxy) is 1. The molecule has 0 aromatic carbocycles. The van der Waals surface area contributed by atoms with E-state index in [2.05, 4.69) is 10.4 Å². The van der Waals surface area contributed by atoms with Crippen LogP contribution in [0.15, 0.2) is 6.07 Å². The Hall–Kier alpha value is -1.60. The second-order valence-electron chi connectivity index (χ2n) is 4.03. The van der Waals surface area contributed by atoms with Gasteiger partial charge in [-0.15, -0.1) is 0 Å². The van der Waals surface area contributed by atoms with Crippen molar-refractivity contribution in [3.05, 3.63) is 11.8 Å². The van der Waals surface area contributed by atoms with E-state index in [-0.39, 0.29) is 12.2 Å². The number of carbonyl (C=O) groups excluding carboxylic acids is 1. The molecule has 3 N–H and O–H groups in total. The Bertz CT molecular complexity index is 400. The predicted molar refractivity (Wildman–Crippen MR) is 59.8 cm³/mol. The van der Waals surface area contributed by atoms with Crippen LogP contribution in [-0.4, -0.2) is 51.8 Å². The van der Waals surface area contributed by atoms with Gasteiger partial charge in [0.05, 0.1) is 13.7 Å². The number of aromatic nitrogens is 2. The fraction of sp³-hybridized carbons (Fsp3) is 0.600. The molecule has 1 amide bonds. The molecule has 0 aliphatic heterocycles. The number of hydrogen-bond acceptors (Lipinski definition) is 5. The van der Waals surface area contributed by atoms with Crippen molar-refractivity contribution < 1.29 is 19.7 Å². The van der Waals surface area contributed by atoms with Crippen molar-refractivity contribution in [1.82, 2.24) is 15.1 Å². The van der Waals surface area contributed by atoms with Crippen molar-refractivity contribution in [2.75, 3.05) is 20.3 Å². The van der Waals surface area contributed by atoms with E-state index in [1.54, 1.807) is 7.05 Å². The number of aliphatic hydroxyl groups excluding tert-OH is 1. The lowest BCUT2D eigenvalue weighted by atomic mass is 10.1. The first-order valence-electron chi connectivity index (χ1n) is 5.09. The summed E-state index contributed by atoms with van der Waals surface area (Å²) in [7, 11) is 3.13. The van der Waals surface area contributed by atoms with Gasteiger partial charge in [-0.05, 0) is 6.92 Å². The molecule has 0 saturated heterocycles. The standard InChI is InChI=1S/C10H17N3O4/c1-10(16,6-14)5-11-9(15)7-4-8(17-3)13(2)12-7/h4,14,16H,5-6H2,1-3H3,(H,11,15). The summed E-state index contributed by atoms with van der Waals surface area (Å²) in [5, 5.41) is 24.8. The molecule has 0 spiro atoms. The highest BCUT2D eigenvalue weighted by atomic mass is 16.5. The molecule has 17 heavy (non-hydrogen) atoms. The summed E-state index contributed by atoms with van der Waals surface area (Å²) in [6, 6.07) is 1.49. The molecule has 0 aliphatic carbocycles. The summed E-state index contributed by atoms with van der Waals surface area (Å²) in [5.74, 6) is 0.0293. The highest BCUT2D eigenvalue weighted by Crippen LogP contribution is 2.11. The van der Waals surface area contributed by atoms with Gasteiger partial charge >= 0.3 is 0 Å². The first kappa shape index (κ1) is 13.5. The Morgan fingerprint density at radius 2 is 2.35 bits per heavy atom. The third kappa shape index (κ3) is 3.43. The Morgan fingerprint density at radius 3 is 2.82 bits per heavy atom. The molecular weight excluding hydrogens is 226 g/mol. The van der Waals surface area contributed by atoms with Gasteiger partial charge in [0.2, 0.25) is 5.88 Å². The van der Waals surface area contributed by atoms with Gasteiger partial charge in [-0.2, -0.15) is 5.10 Å². The van der Waals surface area contributed by atoms with E-state index in [4.69, 9.17) is 9.84 Å². The van der Waals surface area contributed by atoms with E-state index in [1.807, 2.05) is 0 Å². The Morgan fingerprint density at radius 1 is 1.71 bits per heavy atom. The molecule has 7 nitrogen and oxygen atoms in total. The van der Waals surface area contributed by atoms with Crippen LogP contribution in [0, 0.1) is 0 Å². The summed E-state index contributed by atoms with van der Waals surface area (Å²) in [5.41, 5.74) is -1.15. The summed E-state index contributed by atoms with van der Waals surface area (Å²) in [6.07, 6.45) is 0. The van der Waals surface area contributed by atoms with Crippen molar-refractivity contribution in [2.24, 2.45) is 7.05 Å². The zero-order chi connectivity index (χ0) is 13.1. The minimum absolute atomic E-state index is 0.0543. The lowest BCUT2D eigenvalue weighted by Crippen LogP contribution is -2.43. The van der Waals surface area contributed by atoms with Gasteiger partial charge in [0, 0.05) is 19.7 Å². The molecular formula is C10H17N3O4. The summed E-state index contributed by atoms with van der Waals surface area (Å²) >= 11 is 0. The van der Waals surface area contributed by atoms with E-state index < -0.39 is 18.1 Å². The third-order valence-electron chi connectivity index (χ3n) is 2.25. The quantitative estimate of drug-likeness (QED) is 0.610. The predicted octanol–water partition coefficient (Wildman–Crippen LogP) is -1.10. The molecule has 0 radical (unpaired) electrons. The largest absolute Gasteiger partial charge is 0.481 e. The summed E-state index contributed by atoms with van der Waals surface area (Å²) in [4.78, 5) is 11.7. The van der Waals surface area contributed by atoms with Crippen LogP contribution in [-0.2, 0) is 7.05 Å². The van der Waals surface area contributed by atoms with E-state index >= 15 is 0 Å². The number of rotatable bonds is 5. The lowest BCUT2D eigenvalue weighted by molar-refractivity contribution is 0.00316. The van der Waals surface area contributed by atoms with Crippen LogP contribution in [0.2, 0.25) is 0 Å². The molecule has 0 saturated carbocycles. The van der Waals surface area contributed by atoms with Crippen LogP contribution in [0.4, 0.5) is 0 Å². The SMILES string of the molecule is COc1cc(C(=O)NCC(C)(O)CO)nn1C. The Balaban J connectivity index is 2.64. The molecule has 0 fully saturated rings. The van der Waals surface area contributed by atoms with Gasteiger partial charge in [-0.1, -0.05) is 0 Å². The van der Waals surface area contributed by atoms with Crippen LogP contribution < -0.4 is 10.1 Å². The van der Waals surface area contributed by atoms with Crippen LogP contribution in [0.25, 0.3) is 0 Å². The Labute approximate surface area is 99.0 Å². The van der Waals surface area contributed by atoms with E-state index in [9.17, 15) is 9.90 Å². The van der Waals surface area contributed by atoms with E-state index in [0.29, 0.717) is 5.88 Å². The number of hydrogen-bond donors (Lipinski definition) is 3. The number of methoxy groups -OCH3 is 1. The minimum Gasteiger partial charge on any atom is -0.481 e. The first-order chi connectivity index (χ1) is 7.89. The average molecular weight is 243 g/mol. The second-order valence-corrected chi connectivity index (χ2v) is 4.03. The maximum Gasteiger partial charge on any atom is 0.272 e. The monoisotopic (exact) mass is 243 g/mol. The van der Waals surface area contributed by atoms with Crippen LogP contribution in [0.1, 0.15) is 17.4 Å². The maximum atomic E-state index is 11.7. The summed E-state index contributed by atoms with van der Waals surface area (Å²) < 4.78 is 6.40. The molecule has 7 heteroatoms. The fourth-order valence-electron chi connectivity index (χ4n) is 1.17. The van der Waals surface area contributed by atoms with Gasteiger partial charge in [0.1, 0.15) is 5.60 Å². The molecule has 1 unspecified atom stereocenters. The van der Waals surface area contributed by atoms with Crippen molar-refractivity contribution >= 4 is 5.91 Å². The van der Waals surface area contributed by atoms with Gasteiger partial charge in [-0.3, -0.25) is 4.79 Å². The molecule has 96 valence electrons. The molecule has 1 aromatic heterocycles. The molecule has 1 rings (SSSR count). The smallest absolute Gasteiger partial charge is 0.272 e. The number of amides is 1. The fourth-order valence-corrected chi connectivity index (χ4v) is 1.17. The zero-order valence-electron chi connectivity index (χ0n) is 10.1. The summed E-state index contributed by atoms with van der Waals surface area (Å²) in [6.45, 7) is 0.937. The van der Waals surface area contributed by atoms with E-state index in [0.717, 1.165) is 0 Å². The minimum atomic E-state index is -1.34. The van der Waals surface area contributed by atoms with Crippen molar-refractivity contribution in [3.8, 4) is 5.88 Å². The van der Waals surface area contributed by atoms with Crippen LogP contribution in [0.5, 0.6) is 5.88 Å². The number of aliphatic hydroxyl groups is 2. The number of nitrogens with zero attached hydrogens (tertiary/aromatic N) is 2. The number of aryl methyl sites for hydroxylation is 1. The van der Waals surface area contributed by atoms with Gasteiger partial charge in [-0.25, -0.2) is 4.68 Å². The van der Waals surface area contributed by atoms with Crippen molar-refractivity contribution in [3.63, 3.8) is 0 Å². The van der Waals surface area contributed by atoms with E-state index in [1.165, 1.54) is 24.8 Å². The van der Waals surface area contributed by atoms with Gasteiger partial charge in [0.15, 0.2) is 5.69 Å². The third-order valence-corrected chi connectivity index (χ3v) is 2.25. The average Bonchev–Trinajstić information content (AvgIpc) is 2.67. The van der Waals surface area contributed by atoms with Crippen LogP contribution >= 0.6 is 0 Å². The Kier molecular flexibility index (Phi) is 4.08. The topological polar surface area (TPSA) is 96.6 Å². The molecule has 0 bridgehead atoms. The van der Waals surface area contributed by atoms with Crippen LogP contribution in [0.3, 0.4) is 0 Å². The maximum absolute atomic E-state index is 11.7. The zero-order valence-corrected chi connectivity index (χ0v) is 10.1. The lowest BCUT2D eigenvalue weighted by Gasteiger charge is -2.20. The molecule has 1 heterocycles. The number of carbonyl (C=O) groups is 1. The first-order valence-corrected chi connectivity index (χ1v) is 5.09. The normalized spacial score (nSPS) is 14.2. The van der Waals surface area contributed by atoms with Gasteiger partial charge in [0.25, 0.3) is 5.91 Å². The molecule has 1 aromatic rings. The van der Waals surface area contributed by atoms with Crippen molar-refractivity contribution in [1.29, 1.82) is 0 Å². The van der Waals surface area contributed by atoms with Crippen molar-refractivity contribution in [2.45, 2.75) is 12.5 Å². The molecule has 0 aliphatic rings.